The fourth-order valence-electron chi connectivity index (χ4n) is 8.98. The lowest BCUT2D eigenvalue weighted by atomic mass is 10.0. The van der Waals surface area contributed by atoms with Crippen LogP contribution >= 0.6 is 0 Å². The summed E-state index contributed by atoms with van der Waals surface area (Å²) in [6.07, 6.45) is 59.5. The Balaban J connectivity index is 4.20. The summed E-state index contributed by atoms with van der Waals surface area (Å²) in [7, 11) is 0. The normalized spacial score (nSPS) is 11.9. The predicted octanol–water partition coefficient (Wildman–Crippen LogP) is 19.2. The molecule has 6 nitrogen and oxygen atoms in total. The van der Waals surface area contributed by atoms with Crippen molar-refractivity contribution in [1.29, 1.82) is 0 Å². The van der Waals surface area contributed by atoms with Gasteiger partial charge in [-0.05, 0) is 19.3 Å². The van der Waals surface area contributed by atoms with Gasteiger partial charge in [-0.25, -0.2) is 0 Å². The highest BCUT2D eigenvalue weighted by atomic mass is 16.6. The molecule has 0 saturated carbocycles. The summed E-state index contributed by atoms with van der Waals surface area (Å²) < 4.78 is 16.9. The number of carbonyl (C=O) groups is 3. The number of hydrogen-bond donors (Lipinski definition) is 0. The minimum absolute atomic E-state index is 0.0612. The highest BCUT2D eigenvalue weighted by molar-refractivity contribution is 5.71. The van der Waals surface area contributed by atoms with Gasteiger partial charge in [0.05, 0.1) is 0 Å². The van der Waals surface area contributed by atoms with Gasteiger partial charge in [0, 0.05) is 19.3 Å². The zero-order valence-corrected chi connectivity index (χ0v) is 43.6. The van der Waals surface area contributed by atoms with Crippen LogP contribution in [0.25, 0.3) is 0 Å². The third-order valence-electron chi connectivity index (χ3n) is 13.4. The van der Waals surface area contributed by atoms with E-state index in [-0.39, 0.29) is 31.1 Å². The Kier molecular flexibility index (Phi) is 52.7. The molecule has 0 spiro atoms. The van der Waals surface area contributed by atoms with E-state index >= 15 is 0 Å². The second-order valence-electron chi connectivity index (χ2n) is 19.9. The first kappa shape index (κ1) is 62.4. The smallest absolute Gasteiger partial charge is 0.306 e. The molecule has 0 aromatic heterocycles. The highest BCUT2D eigenvalue weighted by Crippen LogP contribution is 2.18. The van der Waals surface area contributed by atoms with E-state index in [1.165, 1.54) is 238 Å². The van der Waals surface area contributed by atoms with E-state index in [1.807, 2.05) is 0 Å². The molecule has 0 aromatic rings. The molecular weight excluding hydrogens is 793 g/mol. The molecule has 0 aromatic carbocycles. The zero-order valence-electron chi connectivity index (χ0n) is 43.6. The quantitative estimate of drug-likeness (QED) is 0.0344. The van der Waals surface area contributed by atoms with Gasteiger partial charge in [0.1, 0.15) is 13.2 Å². The monoisotopic (exact) mass is 905 g/mol. The zero-order chi connectivity index (χ0) is 46.5. The van der Waals surface area contributed by atoms with Crippen molar-refractivity contribution in [3.05, 3.63) is 0 Å². The van der Waals surface area contributed by atoms with Gasteiger partial charge in [-0.3, -0.25) is 14.4 Å². The molecule has 0 aliphatic heterocycles. The van der Waals surface area contributed by atoms with E-state index in [0.717, 1.165) is 57.8 Å². The van der Waals surface area contributed by atoms with Crippen molar-refractivity contribution in [2.75, 3.05) is 13.2 Å². The van der Waals surface area contributed by atoms with Crippen molar-refractivity contribution in [2.24, 2.45) is 0 Å². The molecule has 0 heterocycles. The Bertz CT molecular complexity index is 951. The summed E-state index contributed by atoms with van der Waals surface area (Å²) in [5, 5.41) is 0. The van der Waals surface area contributed by atoms with Crippen LogP contribution in [0.15, 0.2) is 0 Å². The third-order valence-corrected chi connectivity index (χ3v) is 13.4. The molecule has 0 amide bonds. The van der Waals surface area contributed by atoms with Gasteiger partial charge in [-0.15, -0.1) is 0 Å². The Morgan fingerprint density at radius 2 is 0.422 bits per heavy atom. The number of ether oxygens (including phenoxy) is 3. The topological polar surface area (TPSA) is 78.9 Å². The van der Waals surface area contributed by atoms with Crippen LogP contribution in [0.5, 0.6) is 0 Å². The second-order valence-corrected chi connectivity index (χ2v) is 19.9. The minimum atomic E-state index is -0.760. The molecule has 1 atom stereocenters. The molecule has 0 fully saturated rings. The summed E-state index contributed by atoms with van der Waals surface area (Å²) >= 11 is 0. The molecular formula is C58H112O6. The van der Waals surface area contributed by atoms with Crippen LogP contribution in [-0.2, 0) is 28.6 Å². The molecule has 64 heavy (non-hydrogen) atoms. The standard InChI is InChI=1S/C58H112O6/c1-4-7-10-13-16-19-22-25-26-27-28-29-30-31-32-34-37-39-42-45-48-51-57(60)63-54-55(64-58(61)52-49-46-43-40-35-24-21-18-15-12-9-6-3)53-62-56(59)50-47-44-41-38-36-33-23-20-17-14-11-8-5-2/h55H,4-54H2,1-3H3/t55-/m0/s1. The average Bonchev–Trinajstić information content (AvgIpc) is 3.29. The van der Waals surface area contributed by atoms with E-state index in [2.05, 4.69) is 20.8 Å². The maximum absolute atomic E-state index is 12.8. The maximum atomic E-state index is 12.8. The fraction of sp³-hybridized carbons (Fsp3) is 0.948. The molecule has 0 unspecified atom stereocenters. The van der Waals surface area contributed by atoms with Crippen LogP contribution in [0.1, 0.15) is 335 Å². The Morgan fingerprint density at radius 1 is 0.250 bits per heavy atom. The van der Waals surface area contributed by atoms with Crippen LogP contribution < -0.4 is 0 Å². The van der Waals surface area contributed by atoms with E-state index < -0.39 is 6.10 Å². The average molecular weight is 906 g/mol. The van der Waals surface area contributed by atoms with E-state index in [4.69, 9.17) is 14.2 Å². The Labute approximate surface area is 399 Å². The molecule has 380 valence electrons. The number of esters is 3. The van der Waals surface area contributed by atoms with E-state index in [0.29, 0.717) is 19.3 Å². The first-order valence-corrected chi connectivity index (χ1v) is 29.0. The molecule has 0 radical (unpaired) electrons. The molecule has 0 saturated heterocycles. The minimum Gasteiger partial charge on any atom is -0.462 e. The van der Waals surface area contributed by atoms with E-state index in [9.17, 15) is 14.4 Å². The third kappa shape index (κ3) is 51.4. The SMILES string of the molecule is CCCCCCCCCCCCCCCCCCCCCCCC(=O)OC[C@H](COC(=O)CCCCCCCCCCCCCCC)OC(=O)CCCCCCCCCCCCCC. The number of unbranched alkanes of at least 4 members (excludes halogenated alkanes) is 43. The molecule has 0 aliphatic carbocycles. The van der Waals surface area contributed by atoms with Crippen molar-refractivity contribution in [3.8, 4) is 0 Å². The largest absolute Gasteiger partial charge is 0.462 e. The van der Waals surface area contributed by atoms with Gasteiger partial charge in [0.25, 0.3) is 0 Å². The van der Waals surface area contributed by atoms with Crippen molar-refractivity contribution in [3.63, 3.8) is 0 Å². The fourth-order valence-corrected chi connectivity index (χ4v) is 8.98. The first-order valence-electron chi connectivity index (χ1n) is 29.0. The summed E-state index contributed by atoms with van der Waals surface area (Å²) in [6.45, 7) is 6.70. The van der Waals surface area contributed by atoms with Gasteiger partial charge in [0.15, 0.2) is 6.10 Å². The predicted molar refractivity (Wildman–Crippen MR) is 275 cm³/mol. The van der Waals surface area contributed by atoms with Gasteiger partial charge in [-0.1, -0.05) is 297 Å². The van der Waals surface area contributed by atoms with Gasteiger partial charge >= 0.3 is 17.9 Å². The van der Waals surface area contributed by atoms with Crippen LogP contribution in [0.4, 0.5) is 0 Å². The lowest BCUT2D eigenvalue weighted by Crippen LogP contribution is -2.30. The molecule has 0 bridgehead atoms. The van der Waals surface area contributed by atoms with Gasteiger partial charge < -0.3 is 14.2 Å². The molecule has 0 aliphatic rings. The maximum Gasteiger partial charge on any atom is 0.306 e. The Hall–Kier alpha value is -1.59. The molecule has 0 rings (SSSR count). The Morgan fingerprint density at radius 3 is 0.625 bits per heavy atom. The second kappa shape index (κ2) is 54.0. The van der Waals surface area contributed by atoms with Crippen molar-refractivity contribution in [1.82, 2.24) is 0 Å². The number of carbonyl (C=O) groups excluding carboxylic acids is 3. The van der Waals surface area contributed by atoms with Crippen LogP contribution in [0.2, 0.25) is 0 Å². The first-order chi connectivity index (χ1) is 31.5. The molecule has 6 heteroatoms. The summed E-state index contributed by atoms with van der Waals surface area (Å²) in [6, 6.07) is 0. The van der Waals surface area contributed by atoms with E-state index in [1.54, 1.807) is 0 Å². The lowest BCUT2D eigenvalue weighted by Gasteiger charge is -2.18. The van der Waals surface area contributed by atoms with Crippen LogP contribution in [0, 0.1) is 0 Å². The number of hydrogen-bond acceptors (Lipinski definition) is 6. The van der Waals surface area contributed by atoms with Gasteiger partial charge in [-0.2, -0.15) is 0 Å². The highest BCUT2D eigenvalue weighted by Gasteiger charge is 2.19. The van der Waals surface area contributed by atoms with Crippen molar-refractivity contribution < 1.29 is 28.6 Å². The lowest BCUT2D eigenvalue weighted by molar-refractivity contribution is -0.167. The van der Waals surface area contributed by atoms with Crippen LogP contribution in [-0.4, -0.2) is 37.2 Å². The van der Waals surface area contributed by atoms with Crippen LogP contribution in [0.3, 0.4) is 0 Å². The number of rotatable bonds is 54. The van der Waals surface area contributed by atoms with Gasteiger partial charge in [0.2, 0.25) is 0 Å². The van der Waals surface area contributed by atoms with Crippen molar-refractivity contribution >= 4 is 17.9 Å². The summed E-state index contributed by atoms with van der Waals surface area (Å²) in [5.41, 5.74) is 0. The summed E-state index contributed by atoms with van der Waals surface area (Å²) in [5.74, 6) is -0.834. The van der Waals surface area contributed by atoms with Crippen molar-refractivity contribution in [2.45, 2.75) is 341 Å². The molecule has 0 N–H and O–H groups in total. The summed E-state index contributed by atoms with van der Waals surface area (Å²) in [4.78, 5) is 38.1.